The van der Waals surface area contributed by atoms with Gasteiger partial charge in [0.2, 0.25) is 0 Å². The Kier molecular flexibility index (Phi) is 5.55. The summed E-state index contributed by atoms with van der Waals surface area (Å²) in [6, 6.07) is -1.07. The van der Waals surface area contributed by atoms with Crippen LogP contribution in [0.4, 0.5) is 4.79 Å². The van der Waals surface area contributed by atoms with Gasteiger partial charge in [-0.05, 0) is 6.92 Å². The molecule has 1 aromatic heterocycles. The first-order valence-electron chi connectivity index (χ1n) is 5.04. The smallest absolute Gasteiger partial charge is 0.359 e. The molecule has 0 aliphatic carbocycles. The molecule has 3 amide bonds. The fraction of sp³-hybridized carbons (Fsp3) is 0.200. The minimum atomic E-state index is -1.28. The van der Waals surface area contributed by atoms with Gasteiger partial charge in [0, 0.05) is 6.20 Å². The van der Waals surface area contributed by atoms with E-state index in [9.17, 15) is 14.4 Å². The molecule has 0 radical (unpaired) electrons. The average molecular weight is 341 g/mol. The van der Waals surface area contributed by atoms with Gasteiger partial charge in [0.25, 0.3) is 5.91 Å². The zero-order valence-electron chi connectivity index (χ0n) is 9.95. The van der Waals surface area contributed by atoms with Crippen molar-refractivity contribution >= 4 is 52.7 Å². The number of carbonyl (C=O) groups is 3. The Labute approximate surface area is 128 Å². The van der Waals surface area contributed by atoms with Crippen LogP contribution in [0.5, 0.6) is 0 Å². The summed E-state index contributed by atoms with van der Waals surface area (Å²) in [5.74, 6) is -1.89. The van der Waals surface area contributed by atoms with Crippen molar-refractivity contribution in [2.45, 2.75) is 13.0 Å². The van der Waals surface area contributed by atoms with Crippen LogP contribution in [-0.4, -0.2) is 29.0 Å². The molecule has 0 aliphatic heterocycles. The lowest BCUT2D eigenvalue weighted by molar-refractivity contribution is -0.127. The number of carbonyl (C=O) groups excluding carboxylic acids is 3. The van der Waals surface area contributed by atoms with Crippen molar-refractivity contribution in [2.24, 2.45) is 5.73 Å². The Bertz CT molecular complexity index is 579. The highest BCUT2D eigenvalue weighted by atomic mass is 35.5. The number of amides is 3. The number of rotatable bonds is 3. The van der Waals surface area contributed by atoms with Gasteiger partial charge in [0.05, 0.1) is 15.1 Å². The van der Waals surface area contributed by atoms with Crippen LogP contribution >= 0.6 is 34.8 Å². The second-order valence-electron chi connectivity index (χ2n) is 3.48. The number of primary amides is 1. The number of ether oxygens (including phenoxy) is 1. The standard InChI is InChI=1S/C10H8Cl3N3O4/c1-3(8(17)16-10(14)19)20-9(18)7-6(13)5(12)4(11)2-15-7/h2-3H,1H3,(H3,14,16,17,19). The fourth-order valence-corrected chi connectivity index (χ4v) is 1.64. The number of urea groups is 1. The van der Waals surface area contributed by atoms with Crippen molar-refractivity contribution in [3.8, 4) is 0 Å². The van der Waals surface area contributed by atoms with E-state index >= 15 is 0 Å². The minimum Gasteiger partial charge on any atom is -0.448 e. The molecular formula is C10H8Cl3N3O4. The second-order valence-corrected chi connectivity index (χ2v) is 4.65. The Morgan fingerprint density at radius 2 is 1.90 bits per heavy atom. The number of pyridine rings is 1. The lowest BCUT2D eigenvalue weighted by Crippen LogP contribution is -2.42. The highest BCUT2D eigenvalue weighted by Gasteiger charge is 2.24. The van der Waals surface area contributed by atoms with Gasteiger partial charge in [-0.3, -0.25) is 10.1 Å². The normalized spacial score (nSPS) is 11.6. The van der Waals surface area contributed by atoms with E-state index in [1.54, 1.807) is 5.32 Å². The summed E-state index contributed by atoms with van der Waals surface area (Å²) in [5.41, 5.74) is 4.45. The Balaban J connectivity index is 2.84. The molecule has 108 valence electrons. The minimum absolute atomic E-state index is 0.0627. The van der Waals surface area contributed by atoms with Crippen molar-refractivity contribution in [3.05, 3.63) is 27.0 Å². The number of nitrogens with two attached hydrogens (primary N) is 1. The zero-order valence-corrected chi connectivity index (χ0v) is 12.2. The number of hydrogen-bond acceptors (Lipinski definition) is 5. The molecule has 1 rings (SSSR count). The number of esters is 1. The number of aromatic nitrogens is 1. The molecule has 3 N–H and O–H groups in total. The molecule has 20 heavy (non-hydrogen) atoms. The van der Waals surface area contributed by atoms with E-state index in [0.717, 1.165) is 6.20 Å². The molecule has 1 atom stereocenters. The first-order chi connectivity index (χ1) is 9.23. The summed E-state index contributed by atoms with van der Waals surface area (Å²) in [4.78, 5) is 37.3. The number of nitrogens with zero attached hydrogens (tertiary/aromatic N) is 1. The van der Waals surface area contributed by atoms with Gasteiger partial charge in [-0.15, -0.1) is 0 Å². The van der Waals surface area contributed by atoms with E-state index in [4.69, 9.17) is 45.3 Å². The van der Waals surface area contributed by atoms with Crippen LogP contribution in [0, 0.1) is 0 Å². The van der Waals surface area contributed by atoms with Gasteiger partial charge in [0.1, 0.15) is 0 Å². The molecule has 0 fully saturated rings. The lowest BCUT2D eigenvalue weighted by atomic mass is 10.3. The predicted molar refractivity (Wildman–Crippen MR) is 71.9 cm³/mol. The second kappa shape index (κ2) is 6.74. The van der Waals surface area contributed by atoms with Crippen molar-refractivity contribution in [3.63, 3.8) is 0 Å². The molecule has 0 spiro atoms. The maximum Gasteiger partial charge on any atom is 0.359 e. The molecule has 10 heteroatoms. The number of hydrogen-bond donors (Lipinski definition) is 2. The van der Waals surface area contributed by atoms with Gasteiger partial charge in [-0.25, -0.2) is 14.6 Å². The zero-order chi connectivity index (χ0) is 15.4. The summed E-state index contributed by atoms with van der Waals surface area (Å²) in [6.45, 7) is 1.24. The molecular weight excluding hydrogens is 332 g/mol. The molecule has 1 heterocycles. The third kappa shape index (κ3) is 3.96. The van der Waals surface area contributed by atoms with Gasteiger partial charge >= 0.3 is 12.0 Å². The molecule has 0 aromatic carbocycles. The largest absolute Gasteiger partial charge is 0.448 e. The van der Waals surface area contributed by atoms with E-state index in [0.29, 0.717) is 0 Å². The monoisotopic (exact) mass is 339 g/mol. The highest BCUT2D eigenvalue weighted by molar-refractivity contribution is 6.48. The van der Waals surface area contributed by atoms with E-state index in [1.807, 2.05) is 0 Å². The molecule has 0 saturated carbocycles. The first-order valence-corrected chi connectivity index (χ1v) is 6.18. The first kappa shape index (κ1) is 16.5. The van der Waals surface area contributed by atoms with Crippen molar-refractivity contribution in [1.82, 2.24) is 10.3 Å². The molecule has 1 aromatic rings. The summed E-state index contributed by atoms with van der Waals surface area (Å²) in [6.07, 6.45) is -0.164. The quantitative estimate of drug-likeness (QED) is 0.815. The van der Waals surface area contributed by atoms with Crippen molar-refractivity contribution in [2.75, 3.05) is 0 Å². The summed E-state index contributed by atoms with van der Waals surface area (Å²) in [5, 5.41) is 1.55. The number of nitrogens with one attached hydrogen (secondary N) is 1. The Hall–Kier alpha value is -1.57. The topological polar surface area (TPSA) is 111 Å². The van der Waals surface area contributed by atoms with Gasteiger partial charge in [0.15, 0.2) is 11.8 Å². The molecule has 7 nitrogen and oxygen atoms in total. The van der Waals surface area contributed by atoms with Gasteiger partial charge in [-0.2, -0.15) is 0 Å². The summed E-state index contributed by atoms with van der Waals surface area (Å²) < 4.78 is 4.77. The van der Waals surface area contributed by atoms with Crippen LogP contribution in [0.25, 0.3) is 0 Å². The van der Waals surface area contributed by atoms with E-state index < -0.39 is 24.0 Å². The maximum atomic E-state index is 11.8. The number of imide groups is 1. The summed E-state index contributed by atoms with van der Waals surface area (Å²) >= 11 is 17.2. The summed E-state index contributed by atoms with van der Waals surface area (Å²) in [7, 11) is 0. The molecule has 1 unspecified atom stereocenters. The third-order valence-corrected chi connectivity index (χ3v) is 3.25. The third-order valence-electron chi connectivity index (χ3n) is 2.01. The van der Waals surface area contributed by atoms with E-state index in [-0.39, 0.29) is 20.8 Å². The van der Waals surface area contributed by atoms with Gasteiger partial charge < -0.3 is 10.5 Å². The molecule has 0 bridgehead atoms. The average Bonchev–Trinajstić information content (AvgIpc) is 2.35. The SMILES string of the molecule is CC(OC(=O)c1ncc(Cl)c(Cl)c1Cl)C(=O)NC(N)=O. The Morgan fingerprint density at radius 3 is 2.45 bits per heavy atom. The Morgan fingerprint density at radius 1 is 1.30 bits per heavy atom. The predicted octanol–water partition coefficient (Wildman–Crippen LogP) is 1.78. The van der Waals surface area contributed by atoms with Crippen LogP contribution in [0.3, 0.4) is 0 Å². The maximum absolute atomic E-state index is 11.8. The highest BCUT2D eigenvalue weighted by Crippen LogP contribution is 2.31. The fourth-order valence-electron chi connectivity index (χ4n) is 1.08. The molecule has 0 aliphatic rings. The van der Waals surface area contributed by atoms with Crippen LogP contribution in [0.2, 0.25) is 15.1 Å². The van der Waals surface area contributed by atoms with Crippen LogP contribution < -0.4 is 11.1 Å². The van der Waals surface area contributed by atoms with E-state index in [1.165, 1.54) is 6.92 Å². The van der Waals surface area contributed by atoms with Crippen LogP contribution in [0.15, 0.2) is 6.20 Å². The lowest BCUT2D eigenvalue weighted by Gasteiger charge is -2.12. The van der Waals surface area contributed by atoms with E-state index in [2.05, 4.69) is 4.98 Å². The van der Waals surface area contributed by atoms with Crippen molar-refractivity contribution in [1.29, 1.82) is 0 Å². The van der Waals surface area contributed by atoms with Crippen LogP contribution in [-0.2, 0) is 9.53 Å². The van der Waals surface area contributed by atoms with Crippen molar-refractivity contribution < 1.29 is 19.1 Å². The number of halogens is 3. The molecule has 0 saturated heterocycles. The van der Waals surface area contributed by atoms with Crippen LogP contribution in [0.1, 0.15) is 17.4 Å². The van der Waals surface area contributed by atoms with Gasteiger partial charge in [-0.1, -0.05) is 34.8 Å².